The van der Waals surface area contributed by atoms with Crippen LogP contribution in [0.3, 0.4) is 0 Å². The molecule has 0 saturated carbocycles. The number of hydrogen-bond acceptors (Lipinski definition) is 3. The highest BCUT2D eigenvalue weighted by Crippen LogP contribution is 2.35. The minimum atomic E-state index is -4.55. The molecule has 0 aliphatic heterocycles. The van der Waals surface area contributed by atoms with Gasteiger partial charge < -0.3 is 15.4 Å². The predicted octanol–water partition coefficient (Wildman–Crippen LogP) is 2.97. The quantitative estimate of drug-likeness (QED) is 0.853. The van der Waals surface area contributed by atoms with Crippen molar-refractivity contribution in [1.29, 1.82) is 0 Å². The summed E-state index contributed by atoms with van der Waals surface area (Å²) in [6.45, 7) is 3.17. The topological polar surface area (TPSA) is 64.1 Å². The van der Waals surface area contributed by atoms with Gasteiger partial charge in [-0.3, -0.25) is 0 Å². The van der Waals surface area contributed by atoms with Crippen LogP contribution in [0.1, 0.15) is 32.1 Å². The molecule has 2 aromatic rings. The van der Waals surface area contributed by atoms with Crippen molar-refractivity contribution in [3.8, 4) is 0 Å². The van der Waals surface area contributed by atoms with E-state index in [1.807, 2.05) is 0 Å². The van der Waals surface area contributed by atoms with E-state index < -0.39 is 24.1 Å². The lowest BCUT2D eigenvalue weighted by atomic mass is 10.1. The van der Waals surface area contributed by atoms with Gasteiger partial charge in [0.1, 0.15) is 0 Å². The van der Waals surface area contributed by atoms with Crippen molar-refractivity contribution in [2.45, 2.75) is 38.6 Å². The van der Waals surface area contributed by atoms with Gasteiger partial charge in [0, 0.05) is 11.7 Å². The van der Waals surface area contributed by atoms with Crippen LogP contribution in [0.4, 0.5) is 18.9 Å². The highest BCUT2D eigenvalue weighted by atomic mass is 19.4. The number of aliphatic hydroxyl groups is 1. The third-order valence-electron chi connectivity index (χ3n) is 3.09. The number of rotatable bonds is 3. The molecular formula is C13H16F3N3O. The first kappa shape index (κ1) is 14.6. The van der Waals surface area contributed by atoms with Gasteiger partial charge in [0.15, 0.2) is 0 Å². The summed E-state index contributed by atoms with van der Waals surface area (Å²) in [5.74, 6) is -0.966. The zero-order chi connectivity index (χ0) is 15.1. The smallest absolute Gasteiger partial charge is 0.399 e. The van der Waals surface area contributed by atoms with Crippen molar-refractivity contribution < 1.29 is 18.3 Å². The number of anilines is 1. The van der Waals surface area contributed by atoms with Crippen molar-refractivity contribution in [3.05, 3.63) is 24.0 Å². The van der Waals surface area contributed by atoms with Crippen LogP contribution in [0.2, 0.25) is 0 Å². The Bertz CT molecular complexity index is 619. The molecule has 0 aliphatic carbocycles. The number of nitrogen functional groups attached to an aromatic ring is 1. The monoisotopic (exact) mass is 287 g/mol. The number of imidazole rings is 1. The predicted molar refractivity (Wildman–Crippen MR) is 70.2 cm³/mol. The van der Waals surface area contributed by atoms with Crippen LogP contribution >= 0.6 is 0 Å². The number of halogens is 3. The molecule has 1 aromatic heterocycles. The van der Waals surface area contributed by atoms with E-state index in [1.165, 1.54) is 18.2 Å². The molecule has 20 heavy (non-hydrogen) atoms. The maximum atomic E-state index is 13.1. The Kier molecular flexibility index (Phi) is 3.64. The van der Waals surface area contributed by atoms with Gasteiger partial charge in [-0.2, -0.15) is 13.2 Å². The molecule has 0 radical (unpaired) electrons. The molecule has 110 valence electrons. The summed E-state index contributed by atoms with van der Waals surface area (Å²) < 4.78 is 40.4. The van der Waals surface area contributed by atoms with Crippen LogP contribution in [0.15, 0.2) is 18.2 Å². The summed E-state index contributed by atoms with van der Waals surface area (Å²) in [7, 11) is 0. The average molecular weight is 287 g/mol. The largest absolute Gasteiger partial charge is 0.449 e. The van der Waals surface area contributed by atoms with Gasteiger partial charge in [0.2, 0.25) is 5.82 Å². The fourth-order valence-electron chi connectivity index (χ4n) is 2.36. The molecule has 3 N–H and O–H groups in total. The zero-order valence-corrected chi connectivity index (χ0v) is 11.1. The number of fused-ring (bicyclic) bond motifs is 1. The van der Waals surface area contributed by atoms with E-state index in [9.17, 15) is 18.3 Å². The van der Waals surface area contributed by atoms with E-state index in [1.54, 1.807) is 13.8 Å². The Balaban J connectivity index is 2.64. The fraction of sp³-hybridized carbons (Fsp3) is 0.462. The van der Waals surface area contributed by atoms with Crippen LogP contribution in [0.5, 0.6) is 0 Å². The maximum absolute atomic E-state index is 13.1. The van der Waals surface area contributed by atoms with Crippen molar-refractivity contribution >= 4 is 16.7 Å². The number of aromatic nitrogens is 2. The van der Waals surface area contributed by atoms with Gasteiger partial charge in [0.05, 0.1) is 17.1 Å². The number of nitrogens with two attached hydrogens (primary N) is 1. The number of aliphatic hydroxyl groups excluding tert-OH is 1. The second-order valence-corrected chi connectivity index (χ2v) is 4.99. The molecule has 1 heterocycles. The van der Waals surface area contributed by atoms with E-state index in [-0.39, 0.29) is 11.9 Å². The van der Waals surface area contributed by atoms with Crippen LogP contribution < -0.4 is 5.73 Å². The summed E-state index contributed by atoms with van der Waals surface area (Å²) in [6.07, 6.45) is -5.04. The highest BCUT2D eigenvalue weighted by Gasteiger charge is 2.38. The summed E-state index contributed by atoms with van der Waals surface area (Å²) in [5.41, 5.74) is 6.50. The lowest BCUT2D eigenvalue weighted by molar-refractivity contribution is -0.147. The number of benzene rings is 1. The first-order valence-electron chi connectivity index (χ1n) is 6.23. The molecule has 4 nitrogen and oxygen atoms in total. The van der Waals surface area contributed by atoms with Gasteiger partial charge in [-0.05, 0) is 38.5 Å². The van der Waals surface area contributed by atoms with Crippen molar-refractivity contribution in [1.82, 2.24) is 9.55 Å². The van der Waals surface area contributed by atoms with E-state index in [4.69, 9.17) is 5.73 Å². The SMILES string of the molecule is CC(O)CC(C)n1c(C(F)(F)F)nc2cc(N)ccc21. The second kappa shape index (κ2) is 4.97. The Morgan fingerprint density at radius 1 is 1.35 bits per heavy atom. The minimum Gasteiger partial charge on any atom is -0.399 e. The summed E-state index contributed by atoms with van der Waals surface area (Å²) in [4.78, 5) is 3.65. The van der Waals surface area contributed by atoms with Gasteiger partial charge >= 0.3 is 6.18 Å². The maximum Gasteiger partial charge on any atom is 0.449 e. The van der Waals surface area contributed by atoms with E-state index in [0.29, 0.717) is 11.2 Å². The Labute approximate surface area is 114 Å². The Morgan fingerprint density at radius 3 is 2.55 bits per heavy atom. The van der Waals surface area contributed by atoms with Crippen molar-refractivity contribution in [2.75, 3.05) is 5.73 Å². The lowest BCUT2D eigenvalue weighted by Gasteiger charge is -2.20. The zero-order valence-electron chi connectivity index (χ0n) is 11.1. The lowest BCUT2D eigenvalue weighted by Crippen LogP contribution is -2.20. The first-order valence-corrected chi connectivity index (χ1v) is 6.23. The molecular weight excluding hydrogens is 271 g/mol. The van der Waals surface area contributed by atoms with Crippen LogP contribution in [-0.4, -0.2) is 20.8 Å². The third kappa shape index (κ3) is 2.72. The molecule has 0 spiro atoms. The summed E-state index contributed by atoms with van der Waals surface area (Å²) in [5, 5.41) is 9.40. The minimum absolute atomic E-state index is 0.203. The van der Waals surface area contributed by atoms with Crippen LogP contribution in [-0.2, 0) is 6.18 Å². The Hall–Kier alpha value is -1.76. The average Bonchev–Trinajstić information content (AvgIpc) is 2.65. The van der Waals surface area contributed by atoms with Gasteiger partial charge in [0.25, 0.3) is 0 Å². The molecule has 2 unspecified atom stereocenters. The number of hydrogen-bond donors (Lipinski definition) is 2. The first-order chi connectivity index (χ1) is 9.20. The second-order valence-electron chi connectivity index (χ2n) is 4.99. The van der Waals surface area contributed by atoms with Crippen LogP contribution in [0, 0.1) is 0 Å². The normalized spacial score (nSPS) is 15.5. The number of nitrogens with zero attached hydrogens (tertiary/aromatic N) is 2. The molecule has 2 rings (SSSR count). The molecule has 0 fully saturated rings. The van der Waals surface area contributed by atoms with Gasteiger partial charge in [-0.15, -0.1) is 0 Å². The van der Waals surface area contributed by atoms with E-state index in [2.05, 4.69) is 4.98 Å². The summed E-state index contributed by atoms with van der Waals surface area (Å²) >= 11 is 0. The Morgan fingerprint density at radius 2 is 2.00 bits per heavy atom. The summed E-state index contributed by atoms with van der Waals surface area (Å²) in [6, 6.07) is 3.94. The van der Waals surface area contributed by atoms with Crippen molar-refractivity contribution in [2.24, 2.45) is 0 Å². The van der Waals surface area contributed by atoms with Crippen LogP contribution in [0.25, 0.3) is 11.0 Å². The highest BCUT2D eigenvalue weighted by molar-refractivity contribution is 5.80. The molecule has 1 aromatic carbocycles. The molecule has 2 atom stereocenters. The number of alkyl halides is 3. The van der Waals surface area contributed by atoms with Gasteiger partial charge in [-0.1, -0.05) is 0 Å². The van der Waals surface area contributed by atoms with E-state index >= 15 is 0 Å². The molecule has 0 amide bonds. The third-order valence-corrected chi connectivity index (χ3v) is 3.09. The molecule has 0 saturated heterocycles. The van der Waals surface area contributed by atoms with Crippen molar-refractivity contribution in [3.63, 3.8) is 0 Å². The molecule has 0 aliphatic rings. The standard InChI is InChI=1S/C13H16F3N3O/c1-7(5-8(2)20)19-11-4-3-9(17)6-10(11)18-12(19)13(14,15)16/h3-4,6-8,20H,5,17H2,1-2H3. The molecule has 7 heteroatoms. The molecule has 0 bridgehead atoms. The fourth-order valence-corrected chi connectivity index (χ4v) is 2.36. The van der Waals surface area contributed by atoms with E-state index in [0.717, 1.165) is 4.57 Å². The van der Waals surface area contributed by atoms with Gasteiger partial charge in [-0.25, -0.2) is 4.98 Å².